The van der Waals surface area contributed by atoms with Crippen molar-refractivity contribution in [1.82, 2.24) is 15.5 Å². The van der Waals surface area contributed by atoms with E-state index in [0.29, 0.717) is 31.7 Å². The van der Waals surface area contributed by atoms with Crippen LogP contribution in [-0.2, 0) is 9.59 Å². The summed E-state index contributed by atoms with van der Waals surface area (Å²) >= 11 is 0. The number of nitrogens with one attached hydrogen (secondary N) is 2. The van der Waals surface area contributed by atoms with E-state index < -0.39 is 18.0 Å². The van der Waals surface area contributed by atoms with Crippen LogP contribution in [0.25, 0.3) is 0 Å². The van der Waals surface area contributed by atoms with Crippen molar-refractivity contribution in [1.29, 1.82) is 0 Å². The fourth-order valence-corrected chi connectivity index (χ4v) is 4.63. The highest BCUT2D eigenvalue weighted by Gasteiger charge is 2.33. The smallest absolute Gasteiger partial charge is 0.289 e. The summed E-state index contributed by atoms with van der Waals surface area (Å²) in [6.07, 6.45) is 8.60. The van der Waals surface area contributed by atoms with Crippen molar-refractivity contribution >= 4 is 23.5 Å². The lowest BCUT2D eigenvalue weighted by atomic mass is 9.97. The third kappa shape index (κ3) is 5.71. The lowest BCUT2D eigenvalue weighted by molar-refractivity contribution is -0.129. The van der Waals surface area contributed by atoms with Gasteiger partial charge in [-0.2, -0.15) is 0 Å². The molecule has 9 heteroatoms. The van der Waals surface area contributed by atoms with E-state index in [-0.39, 0.29) is 35.7 Å². The number of hydrogen-bond donors (Lipinski definition) is 2. The summed E-state index contributed by atoms with van der Waals surface area (Å²) in [6.45, 7) is 0.300. The zero-order chi connectivity index (χ0) is 23.2. The van der Waals surface area contributed by atoms with Crippen LogP contribution in [0.3, 0.4) is 0 Å². The minimum atomic E-state index is -0.761. The Hall–Kier alpha value is -3.36. The number of ketones is 1. The predicted molar refractivity (Wildman–Crippen MR) is 117 cm³/mol. The lowest BCUT2D eigenvalue weighted by Crippen LogP contribution is -2.52. The minimum absolute atomic E-state index is 0.101. The molecule has 2 aromatic heterocycles. The monoisotopic (exact) mass is 455 g/mol. The van der Waals surface area contributed by atoms with Gasteiger partial charge in [0.1, 0.15) is 6.04 Å². The van der Waals surface area contributed by atoms with E-state index in [1.54, 1.807) is 24.3 Å². The van der Waals surface area contributed by atoms with Crippen molar-refractivity contribution in [3.8, 4) is 0 Å². The first-order valence-electron chi connectivity index (χ1n) is 11.5. The molecular formula is C24H29N3O6. The van der Waals surface area contributed by atoms with Gasteiger partial charge in [0.15, 0.2) is 17.3 Å². The zero-order valence-corrected chi connectivity index (χ0v) is 18.5. The topological polar surface area (TPSA) is 122 Å². The van der Waals surface area contributed by atoms with E-state index in [0.717, 1.165) is 25.7 Å². The molecule has 3 amide bonds. The molecule has 0 bridgehead atoms. The number of furan rings is 2. The van der Waals surface area contributed by atoms with Crippen LogP contribution in [0, 0.1) is 5.92 Å². The van der Waals surface area contributed by atoms with Gasteiger partial charge in [-0.1, -0.05) is 25.7 Å². The van der Waals surface area contributed by atoms with Gasteiger partial charge in [-0.25, -0.2) is 0 Å². The molecule has 1 unspecified atom stereocenters. The summed E-state index contributed by atoms with van der Waals surface area (Å²) in [7, 11) is 0. The molecule has 2 atom stereocenters. The molecule has 2 aromatic rings. The average Bonchev–Trinajstić information content (AvgIpc) is 3.58. The number of likely N-dealkylation sites (tertiary alicyclic amines) is 1. The largest absolute Gasteiger partial charge is 0.459 e. The molecular weight excluding hydrogens is 426 g/mol. The Kier molecular flexibility index (Phi) is 7.26. The van der Waals surface area contributed by atoms with Gasteiger partial charge in [-0.3, -0.25) is 19.2 Å². The lowest BCUT2D eigenvalue weighted by Gasteiger charge is -2.24. The maximum Gasteiger partial charge on any atom is 0.289 e. The Labute approximate surface area is 191 Å². The Bertz CT molecular complexity index is 963. The van der Waals surface area contributed by atoms with Crippen LogP contribution >= 0.6 is 0 Å². The average molecular weight is 456 g/mol. The van der Waals surface area contributed by atoms with Crippen LogP contribution in [0.4, 0.5) is 0 Å². The number of carbonyl (C=O) groups is 4. The first-order valence-corrected chi connectivity index (χ1v) is 11.5. The number of amides is 3. The highest BCUT2D eigenvalue weighted by Crippen LogP contribution is 2.29. The van der Waals surface area contributed by atoms with Crippen molar-refractivity contribution in [2.75, 3.05) is 13.1 Å². The summed E-state index contributed by atoms with van der Waals surface area (Å²) in [5, 5.41) is 5.61. The zero-order valence-electron chi connectivity index (χ0n) is 18.5. The van der Waals surface area contributed by atoms with Crippen LogP contribution in [0.1, 0.15) is 66.1 Å². The van der Waals surface area contributed by atoms with E-state index in [1.807, 2.05) is 0 Å². The quantitative estimate of drug-likeness (QED) is 0.662. The van der Waals surface area contributed by atoms with Gasteiger partial charge < -0.3 is 24.4 Å². The van der Waals surface area contributed by atoms with Crippen molar-refractivity contribution in [3.63, 3.8) is 0 Å². The number of rotatable bonds is 7. The second-order valence-electron chi connectivity index (χ2n) is 8.76. The number of Topliss-reactive ketones (excluding diaryl/α,β-unsaturated/α-hetero) is 1. The van der Waals surface area contributed by atoms with Crippen molar-refractivity contribution in [2.45, 2.75) is 57.0 Å². The molecule has 1 saturated heterocycles. The van der Waals surface area contributed by atoms with Crippen LogP contribution in [0.5, 0.6) is 0 Å². The van der Waals surface area contributed by atoms with Crippen molar-refractivity contribution in [3.05, 3.63) is 48.3 Å². The SMILES string of the molecule is O=C(NC(CC1CCCC1)C(=O)N[C@H]1CCCN(C(=O)c2ccco2)CC1=O)c1ccco1. The molecule has 0 aromatic carbocycles. The van der Waals surface area contributed by atoms with Crippen LogP contribution < -0.4 is 10.6 Å². The molecule has 2 aliphatic rings. The summed E-state index contributed by atoms with van der Waals surface area (Å²) in [5.74, 6) is -0.752. The van der Waals surface area contributed by atoms with E-state index in [2.05, 4.69) is 10.6 Å². The maximum absolute atomic E-state index is 13.2. The van der Waals surface area contributed by atoms with Gasteiger partial charge in [-0.05, 0) is 49.4 Å². The van der Waals surface area contributed by atoms with E-state index in [9.17, 15) is 19.2 Å². The summed E-state index contributed by atoms with van der Waals surface area (Å²) in [4.78, 5) is 52.6. The van der Waals surface area contributed by atoms with Gasteiger partial charge in [0, 0.05) is 6.54 Å². The van der Waals surface area contributed by atoms with Gasteiger partial charge in [-0.15, -0.1) is 0 Å². The second kappa shape index (κ2) is 10.5. The van der Waals surface area contributed by atoms with Crippen LogP contribution in [0.2, 0.25) is 0 Å². The summed E-state index contributed by atoms with van der Waals surface area (Å²) < 4.78 is 10.3. The molecule has 4 rings (SSSR count). The second-order valence-corrected chi connectivity index (χ2v) is 8.76. The van der Waals surface area contributed by atoms with Gasteiger partial charge >= 0.3 is 0 Å². The normalized spacial score (nSPS) is 20.3. The molecule has 2 N–H and O–H groups in total. The third-order valence-corrected chi connectivity index (χ3v) is 6.40. The number of nitrogens with zero attached hydrogens (tertiary/aromatic N) is 1. The Morgan fingerprint density at radius 3 is 2.36 bits per heavy atom. The molecule has 0 radical (unpaired) electrons. The highest BCUT2D eigenvalue weighted by atomic mass is 16.3. The standard InChI is InChI=1S/C24H29N3O6/c28-19-15-27(24(31)21-10-5-13-33-21)11-3-8-17(19)25-22(29)18(14-16-6-1-2-7-16)26-23(30)20-9-4-12-32-20/h4-5,9-10,12-13,16-18H,1-3,6-8,11,14-15H2,(H,25,29)(H,26,30)/t17-,18?/m0/s1. The molecule has 1 aliphatic heterocycles. The van der Waals surface area contributed by atoms with Crippen molar-refractivity contribution < 1.29 is 28.0 Å². The maximum atomic E-state index is 13.2. The van der Waals surface area contributed by atoms with Gasteiger partial charge in [0.25, 0.3) is 11.8 Å². The Morgan fingerprint density at radius 2 is 1.70 bits per heavy atom. The molecule has 1 saturated carbocycles. The first kappa shape index (κ1) is 22.8. The first-order chi connectivity index (χ1) is 16.0. The van der Waals surface area contributed by atoms with E-state index in [4.69, 9.17) is 8.83 Å². The van der Waals surface area contributed by atoms with Crippen LogP contribution in [-0.4, -0.2) is 53.6 Å². The highest BCUT2D eigenvalue weighted by molar-refractivity contribution is 5.99. The molecule has 176 valence electrons. The fraction of sp³-hybridized carbons (Fsp3) is 0.500. The fourth-order valence-electron chi connectivity index (χ4n) is 4.63. The Morgan fingerprint density at radius 1 is 1.00 bits per heavy atom. The minimum Gasteiger partial charge on any atom is -0.459 e. The predicted octanol–water partition coefficient (Wildman–Crippen LogP) is 2.54. The van der Waals surface area contributed by atoms with E-state index >= 15 is 0 Å². The molecule has 1 aliphatic carbocycles. The summed E-state index contributed by atoms with van der Waals surface area (Å²) in [5.41, 5.74) is 0. The van der Waals surface area contributed by atoms with Gasteiger partial charge in [0.05, 0.1) is 25.1 Å². The Balaban J connectivity index is 1.40. The van der Waals surface area contributed by atoms with Crippen LogP contribution in [0.15, 0.2) is 45.6 Å². The molecule has 33 heavy (non-hydrogen) atoms. The molecule has 3 heterocycles. The molecule has 0 spiro atoms. The molecule has 2 fully saturated rings. The number of carbonyl (C=O) groups excluding carboxylic acids is 4. The molecule has 9 nitrogen and oxygen atoms in total. The summed E-state index contributed by atoms with van der Waals surface area (Å²) in [6, 6.07) is 4.87. The third-order valence-electron chi connectivity index (χ3n) is 6.40. The van der Waals surface area contributed by atoms with Crippen molar-refractivity contribution in [2.24, 2.45) is 5.92 Å². The van der Waals surface area contributed by atoms with E-state index in [1.165, 1.54) is 17.4 Å². The number of hydrogen-bond acceptors (Lipinski definition) is 6. The van der Waals surface area contributed by atoms with Gasteiger partial charge in [0.2, 0.25) is 5.91 Å².